The van der Waals surface area contributed by atoms with Crippen LogP contribution in [0.1, 0.15) is 38.7 Å². The van der Waals surface area contributed by atoms with Gasteiger partial charge in [-0.25, -0.2) is 0 Å². The van der Waals surface area contributed by atoms with Gasteiger partial charge in [-0.3, -0.25) is 4.90 Å². The summed E-state index contributed by atoms with van der Waals surface area (Å²) in [5.74, 6) is 1.52. The third kappa shape index (κ3) is 2.77. The third-order valence-electron chi connectivity index (χ3n) is 4.59. The summed E-state index contributed by atoms with van der Waals surface area (Å²) in [7, 11) is 0. The summed E-state index contributed by atoms with van der Waals surface area (Å²) in [6, 6.07) is 8.38. The molecule has 1 aliphatic heterocycles. The van der Waals surface area contributed by atoms with Crippen molar-refractivity contribution >= 4 is 0 Å². The number of fused-ring (bicyclic) bond motifs is 1. The van der Waals surface area contributed by atoms with Crippen molar-refractivity contribution in [2.45, 2.75) is 38.6 Å². The van der Waals surface area contributed by atoms with Gasteiger partial charge in [0.25, 0.3) is 0 Å². The standard InChI is InChI=1S/C16H26N2O/c1-4-16(3,12-17)18(5-2)10-13-11-19-15-9-7-6-8-14(13)15/h6-9,13H,4-5,10-12,17H2,1-3H3. The molecule has 0 bridgehead atoms. The number of nitrogens with zero attached hydrogens (tertiary/aromatic N) is 1. The zero-order valence-electron chi connectivity index (χ0n) is 12.4. The monoisotopic (exact) mass is 262 g/mol. The number of hydrogen-bond acceptors (Lipinski definition) is 3. The molecule has 0 amide bonds. The van der Waals surface area contributed by atoms with Crippen LogP contribution in [-0.2, 0) is 0 Å². The quantitative estimate of drug-likeness (QED) is 0.856. The van der Waals surface area contributed by atoms with Crippen LogP contribution in [0.4, 0.5) is 0 Å². The van der Waals surface area contributed by atoms with E-state index in [1.165, 1.54) is 5.56 Å². The molecule has 2 N–H and O–H groups in total. The molecule has 2 atom stereocenters. The van der Waals surface area contributed by atoms with Crippen LogP contribution < -0.4 is 10.5 Å². The summed E-state index contributed by atoms with van der Waals surface area (Å²) in [5.41, 5.74) is 7.42. The molecule has 1 aliphatic rings. The van der Waals surface area contributed by atoms with Gasteiger partial charge in [0, 0.05) is 30.1 Å². The van der Waals surface area contributed by atoms with Crippen molar-refractivity contribution in [2.75, 3.05) is 26.2 Å². The molecule has 0 aromatic heterocycles. The van der Waals surface area contributed by atoms with Gasteiger partial charge in [0.1, 0.15) is 5.75 Å². The maximum Gasteiger partial charge on any atom is 0.122 e. The van der Waals surface area contributed by atoms with Crippen molar-refractivity contribution in [2.24, 2.45) is 5.73 Å². The minimum Gasteiger partial charge on any atom is -0.493 e. The zero-order valence-corrected chi connectivity index (χ0v) is 12.4. The van der Waals surface area contributed by atoms with Gasteiger partial charge < -0.3 is 10.5 Å². The molecule has 19 heavy (non-hydrogen) atoms. The average molecular weight is 262 g/mol. The van der Waals surface area contributed by atoms with Crippen LogP contribution >= 0.6 is 0 Å². The first-order valence-corrected chi connectivity index (χ1v) is 7.31. The molecule has 106 valence electrons. The molecule has 0 aliphatic carbocycles. The Morgan fingerprint density at radius 1 is 1.37 bits per heavy atom. The van der Waals surface area contributed by atoms with Gasteiger partial charge in [0.15, 0.2) is 0 Å². The number of likely N-dealkylation sites (N-methyl/N-ethyl adjacent to an activating group) is 1. The zero-order chi connectivity index (χ0) is 13.9. The van der Waals surface area contributed by atoms with Crippen molar-refractivity contribution in [3.63, 3.8) is 0 Å². The van der Waals surface area contributed by atoms with Crippen LogP contribution in [0.2, 0.25) is 0 Å². The van der Waals surface area contributed by atoms with Crippen LogP contribution in [0, 0.1) is 0 Å². The number of benzene rings is 1. The Kier molecular flexibility index (Phi) is 4.48. The van der Waals surface area contributed by atoms with Gasteiger partial charge in [-0.05, 0) is 26.0 Å². The average Bonchev–Trinajstić information content (AvgIpc) is 2.87. The van der Waals surface area contributed by atoms with Gasteiger partial charge in [0.2, 0.25) is 0 Å². The van der Waals surface area contributed by atoms with Gasteiger partial charge in [-0.2, -0.15) is 0 Å². The molecule has 2 rings (SSSR count). The van der Waals surface area contributed by atoms with Crippen LogP contribution in [0.5, 0.6) is 5.75 Å². The molecule has 0 saturated heterocycles. The van der Waals surface area contributed by atoms with E-state index in [4.69, 9.17) is 10.5 Å². The first-order chi connectivity index (χ1) is 9.14. The lowest BCUT2D eigenvalue weighted by molar-refractivity contribution is 0.100. The maximum absolute atomic E-state index is 5.99. The molecule has 0 saturated carbocycles. The second-order valence-electron chi connectivity index (χ2n) is 5.64. The molecule has 2 unspecified atom stereocenters. The highest BCUT2D eigenvalue weighted by Gasteiger charge is 2.32. The van der Waals surface area contributed by atoms with Crippen LogP contribution in [0.25, 0.3) is 0 Å². The largest absolute Gasteiger partial charge is 0.493 e. The van der Waals surface area contributed by atoms with E-state index in [2.05, 4.69) is 43.9 Å². The summed E-state index contributed by atoms with van der Waals surface area (Å²) in [5, 5.41) is 0. The topological polar surface area (TPSA) is 38.5 Å². The Morgan fingerprint density at radius 3 is 2.74 bits per heavy atom. The summed E-state index contributed by atoms with van der Waals surface area (Å²) >= 11 is 0. The van der Waals surface area contributed by atoms with Crippen LogP contribution in [0.15, 0.2) is 24.3 Å². The van der Waals surface area contributed by atoms with Gasteiger partial charge in [0.05, 0.1) is 6.61 Å². The smallest absolute Gasteiger partial charge is 0.122 e. The van der Waals surface area contributed by atoms with E-state index >= 15 is 0 Å². The second-order valence-corrected chi connectivity index (χ2v) is 5.64. The molecule has 0 radical (unpaired) electrons. The third-order valence-corrected chi connectivity index (χ3v) is 4.59. The van der Waals surface area contributed by atoms with Crippen molar-refractivity contribution < 1.29 is 4.74 Å². The predicted octanol–water partition coefficient (Wildman–Crippen LogP) is 2.61. The Hall–Kier alpha value is -1.06. The van der Waals surface area contributed by atoms with Crippen molar-refractivity contribution in [3.05, 3.63) is 29.8 Å². The first-order valence-electron chi connectivity index (χ1n) is 7.31. The summed E-state index contributed by atoms with van der Waals surface area (Å²) < 4.78 is 5.78. The van der Waals surface area contributed by atoms with Crippen molar-refractivity contribution in [1.29, 1.82) is 0 Å². The molecule has 1 aromatic carbocycles. The minimum atomic E-state index is 0.0896. The van der Waals surface area contributed by atoms with E-state index in [0.29, 0.717) is 12.5 Å². The first kappa shape index (κ1) is 14.4. The summed E-state index contributed by atoms with van der Waals surface area (Å²) in [6.07, 6.45) is 1.08. The molecule has 0 fully saturated rings. The van der Waals surface area contributed by atoms with E-state index in [9.17, 15) is 0 Å². The summed E-state index contributed by atoms with van der Waals surface area (Å²) in [6.45, 7) is 10.2. The van der Waals surface area contributed by atoms with Crippen molar-refractivity contribution in [1.82, 2.24) is 4.90 Å². The van der Waals surface area contributed by atoms with E-state index in [1.54, 1.807) is 0 Å². The highest BCUT2D eigenvalue weighted by Crippen LogP contribution is 2.35. The van der Waals surface area contributed by atoms with Crippen molar-refractivity contribution in [3.8, 4) is 5.75 Å². The van der Waals surface area contributed by atoms with Gasteiger partial charge in [-0.1, -0.05) is 32.0 Å². The van der Waals surface area contributed by atoms with E-state index < -0.39 is 0 Å². The van der Waals surface area contributed by atoms with Gasteiger partial charge >= 0.3 is 0 Å². The maximum atomic E-state index is 5.99. The molecule has 0 spiro atoms. The Morgan fingerprint density at radius 2 is 2.11 bits per heavy atom. The lowest BCUT2D eigenvalue weighted by Gasteiger charge is -2.40. The molecular formula is C16H26N2O. The normalized spacial score (nSPS) is 21.0. The Bertz CT molecular complexity index is 415. The number of para-hydroxylation sites is 1. The number of rotatable bonds is 6. The Balaban J connectivity index is 2.12. The molecule has 1 aromatic rings. The molecular weight excluding hydrogens is 236 g/mol. The van der Waals surface area contributed by atoms with E-state index in [-0.39, 0.29) is 5.54 Å². The van der Waals surface area contributed by atoms with Crippen LogP contribution in [0.3, 0.4) is 0 Å². The minimum absolute atomic E-state index is 0.0896. The lowest BCUT2D eigenvalue weighted by atomic mass is 9.93. The van der Waals surface area contributed by atoms with Gasteiger partial charge in [-0.15, -0.1) is 0 Å². The lowest BCUT2D eigenvalue weighted by Crippen LogP contribution is -2.52. The second kappa shape index (κ2) is 5.93. The molecule has 3 heteroatoms. The predicted molar refractivity (Wildman–Crippen MR) is 79.7 cm³/mol. The fraction of sp³-hybridized carbons (Fsp3) is 0.625. The van der Waals surface area contributed by atoms with E-state index in [0.717, 1.165) is 31.9 Å². The number of hydrogen-bond donors (Lipinski definition) is 1. The fourth-order valence-electron chi connectivity index (χ4n) is 2.87. The van der Waals surface area contributed by atoms with E-state index in [1.807, 2.05) is 6.07 Å². The SMILES string of the molecule is CCN(CC1COc2ccccc21)C(C)(CC)CN. The highest BCUT2D eigenvalue weighted by atomic mass is 16.5. The fourth-order valence-corrected chi connectivity index (χ4v) is 2.87. The number of nitrogens with two attached hydrogens (primary N) is 1. The Labute approximate surface area is 116 Å². The number of ether oxygens (including phenoxy) is 1. The molecule has 1 heterocycles. The molecule has 3 nitrogen and oxygen atoms in total. The summed E-state index contributed by atoms with van der Waals surface area (Å²) in [4.78, 5) is 2.50. The highest BCUT2D eigenvalue weighted by molar-refractivity contribution is 5.39. The van der Waals surface area contributed by atoms with Crippen LogP contribution in [-0.4, -0.2) is 36.7 Å².